The molecule has 5 rings (SSSR count). The molecule has 0 spiro atoms. The lowest BCUT2D eigenvalue weighted by Gasteiger charge is -2.32. The number of hydrogen-bond donors (Lipinski definition) is 2. The molecule has 0 radical (unpaired) electrons. The van der Waals surface area contributed by atoms with E-state index in [0.717, 1.165) is 0 Å². The molecule has 198 valence electrons. The number of methoxy groups -OCH3 is 1. The van der Waals surface area contributed by atoms with Crippen molar-refractivity contribution in [2.24, 2.45) is 10.9 Å². The number of nitrogens with zero attached hydrogens (tertiary/aromatic N) is 3. The van der Waals surface area contributed by atoms with E-state index in [-0.39, 0.29) is 41.2 Å². The quantitative estimate of drug-likeness (QED) is 0.407. The first-order chi connectivity index (χ1) is 18.1. The summed E-state index contributed by atoms with van der Waals surface area (Å²) >= 11 is 1.26. The number of nitrogens with one attached hydrogen (secondary N) is 1. The fourth-order valence-electron chi connectivity index (χ4n) is 5.83. The van der Waals surface area contributed by atoms with E-state index in [0.29, 0.717) is 11.4 Å². The van der Waals surface area contributed by atoms with Crippen molar-refractivity contribution < 1.29 is 32.6 Å². The maximum atomic E-state index is 15.0. The molecule has 2 N–H and O–H groups in total. The third-order valence-electron chi connectivity index (χ3n) is 7.22. The zero-order valence-corrected chi connectivity index (χ0v) is 21.0. The smallest absolute Gasteiger partial charge is 0.338 e. The van der Waals surface area contributed by atoms with Crippen LogP contribution in [0.5, 0.6) is 0 Å². The van der Waals surface area contributed by atoms with Crippen LogP contribution in [0.25, 0.3) is 0 Å². The number of halogens is 3. The maximum Gasteiger partial charge on any atom is 0.338 e. The van der Waals surface area contributed by atoms with Crippen LogP contribution in [0.15, 0.2) is 46.0 Å². The monoisotopic (exact) mass is 544 g/mol. The first-order valence-electron chi connectivity index (χ1n) is 11.8. The summed E-state index contributed by atoms with van der Waals surface area (Å²) in [6.07, 6.45) is 6.67. The number of aromatic nitrogens is 1. The van der Waals surface area contributed by atoms with Crippen molar-refractivity contribution in [3.8, 4) is 12.3 Å². The zero-order valence-electron chi connectivity index (χ0n) is 20.2. The van der Waals surface area contributed by atoms with Gasteiger partial charge in [-0.2, -0.15) is 0 Å². The van der Waals surface area contributed by atoms with Gasteiger partial charge in [0.15, 0.2) is 10.8 Å². The molecule has 3 aliphatic rings. The minimum atomic E-state index is -3.09. The molecule has 2 bridgehead atoms. The number of hydrogen-bond acceptors (Lipinski definition) is 8. The lowest BCUT2D eigenvalue weighted by Crippen LogP contribution is -2.45. The number of ether oxygens (including phenoxy) is 1. The van der Waals surface area contributed by atoms with E-state index >= 15 is 0 Å². The second kappa shape index (κ2) is 9.89. The number of carbonyl (C=O) groups excluding carboxylic acids is 1. The normalized spacial score (nSPS) is 26.0. The van der Waals surface area contributed by atoms with Gasteiger partial charge in [-0.1, -0.05) is 18.1 Å². The van der Waals surface area contributed by atoms with Gasteiger partial charge in [0.25, 0.3) is 5.92 Å². The second-order valence-electron chi connectivity index (χ2n) is 9.40. The van der Waals surface area contributed by atoms with Gasteiger partial charge >= 0.3 is 11.9 Å². The second-order valence-corrected chi connectivity index (χ2v) is 10.3. The molecule has 38 heavy (non-hydrogen) atoms. The van der Waals surface area contributed by atoms with E-state index in [1.165, 1.54) is 30.6 Å². The summed E-state index contributed by atoms with van der Waals surface area (Å²) < 4.78 is 49.7. The predicted octanol–water partition coefficient (Wildman–Crippen LogP) is 3.35. The van der Waals surface area contributed by atoms with Crippen LogP contribution in [0.3, 0.4) is 0 Å². The van der Waals surface area contributed by atoms with Crippen molar-refractivity contribution in [2.45, 2.75) is 43.3 Å². The van der Waals surface area contributed by atoms with Gasteiger partial charge in [0.1, 0.15) is 11.9 Å². The summed E-state index contributed by atoms with van der Waals surface area (Å²) in [7, 11) is 1.17. The van der Waals surface area contributed by atoms with Crippen LogP contribution >= 0.6 is 11.3 Å². The number of amidine groups is 1. The van der Waals surface area contributed by atoms with E-state index < -0.39 is 54.1 Å². The largest absolute Gasteiger partial charge is 0.481 e. The molecule has 4 heterocycles. The van der Waals surface area contributed by atoms with Gasteiger partial charge in [0, 0.05) is 42.7 Å². The summed E-state index contributed by atoms with van der Waals surface area (Å²) in [6.45, 7) is -0.132. The number of aliphatic carboxylic acids is 1. The van der Waals surface area contributed by atoms with Gasteiger partial charge in [-0.15, -0.1) is 17.8 Å². The van der Waals surface area contributed by atoms with Crippen LogP contribution in [0.2, 0.25) is 0 Å². The van der Waals surface area contributed by atoms with Gasteiger partial charge in [0.05, 0.1) is 24.3 Å². The van der Waals surface area contributed by atoms with Gasteiger partial charge in [-0.05, 0) is 24.0 Å². The Labute approximate surface area is 220 Å². The van der Waals surface area contributed by atoms with Gasteiger partial charge in [-0.25, -0.2) is 22.9 Å². The molecule has 0 amide bonds. The highest BCUT2D eigenvalue weighted by molar-refractivity contribution is 7.11. The third kappa shape index (κ3) is 4.46. The van der Waals surface area contributed by atoms with Gasteiger partial charge in [0.2, 0.25) is 0 Å². The number of benzene rings is 1. The Kier molecular flexibility index (Phi) is 6.75. The number of carbonyl (C=O) groups is 2. The standard InChI is InChI=1S/C26H23F3N4O4S/c1-3-15-16(5-4-6-17(15)27)21-20(25(36)37-2)18(31-23(32-21)24-30-7-8-38-24)12-33-14-9-13(10-19(34)35)22(33)26(28,29)11-14/h1,4-8,13-14,21-22H,9-12H2,2H3,(H,31,32)(H,34,35)/t13-,14-,21+,22+/m1/s1. The van der Waals surface area contributed by atoms with Crippen molar-refractivity contribution in [1.29, 1.82) is 0 Å². The first kappa shape index (κ1) is 25.9. The summed E-state index contributed by atoms with van der Waals surface area (Å²) in [4.78, 5) is 35.0. The topological polar surface area (TPSA) is 104 Å². The van der Waals surface area contributed by atoms with Crippen LogP contribution < -0.4 is 5.32 Å². The number of esters is 1. The number of fused-ring (bicyclic) bond motifs is 2. The Hall–Kier alpha value is -3.69. The van der Waals surface area contributed by atoms with Crippen LogP contribution in [0, 0.1) is 24.1 Å². The SMILES string of the molecule is C#Cc1c(F)cccc1[C@@H]1N=C(c2nccs2)NC(CN2[C@@H]3C[C@H](CC(=O)O)[C@H]2C(F)(F)C3)=C1C(=O)OC. The van der Waals surface area contributed by atoms with Crippen LogP contribution in [0.4, 0.5) is 13.2 Å². The summed E-state index contributed by atoms with van der Waals surface area (Å²) in [5.41, 5.74) is 0.383. The lowest BCUT2D eigenvalue weighted by atomic mass is 9.84. The van der Waals surface area contributed by atoms with Crippen LogP contribution in [0.1, 0.15) is 41.4 Å². The lowest BCUT2D eigenvalue weighted by molar-refractivity contribution is -0.139. The summed E-state index contributed by atoms with van der Waals surface area (Å²) in [5, 5.41) is 14.6. The molecule has 2 fully saturated rings. The Morgan fingerprint density at radius 3 is 2.84 bits per heavy atom. The van der Waals surface area contributed by atoms with Gasteiger partial charge in [-0.3, -0.25) is 14.7 Å². The average molecular weight is 545 g/mol. The number of terminal acetylenes is 1. The molecule has 2 aromatic rings. The van der Waals surface area contributed by atoms with Crippen molar-refractivity contribution >= 4 is 29.1 Å². The van der Waals surface area contributed by atoms with Gasteiger partial charge < -0.3 is 15.2 Å². The summed E-state index contributed by atoms with van der Waals surface area (Å²) in [6, 6.07) is 1.19. The number of thiazole rings is 1. The number of aliphatic imine (C=N–C) groups is 1. The Morgan fingerprint density at radius 1 is 1.39 bits per heavy atom. The van der Waals surface area contributed by atoms with Crippen molar-refractivity contribution in [1.82, 2.24) is 15.2 Å². The Morgan fingerprint density at radius 2 is 2.18 bits per heavy atom. The Bertz CT molecular complexity index is 1390. The fourth-order valence-corrected chi connectivity index (χ4v) is 6.42. The van der Waals surface area contributed by atoms with E-state index in [1.54, 1.807) is 22.5 Å². The first-order valence-corrected chi connectivity index (χ1v) is 12.7. The van der Waals surface area contributed by atoms with Crippen molar-refractivity contribution in [2.75, 3.05) is 13.7 Å². The van der Waals surface area contributed by atoms with E-state index in [1.807, 2.05) is 0 Å². The number of rotatable bonds is 7. The molecule has 0 unspecified atom stereocenters. The molecule has 1 aromatic carbocycles. The van der Waals surface area contributed by atoms with E-state index in [2.05, 4.69) is 21.2 Å². The minimum Gasteiger partial charge on any atom is -0.481 e. The number of carboxylic acid groups (broad SMARTS) is 1. The van der Waals surface area contributed by atoms with Crippen LogP contribution in [-0.4, -0.2) is 64.4 Å². The van der Waals surface area contributed by atoms with Crippen molar-refractivity contribution in [3.63, 3.8) is 0 Å². The maximum absolute atomic E-state index is 15.0. The molecule has 2 saturated heterocycles. The summed E-state index contributed by atoms with van der Waals surface area (Å²) in [5.74, 6) is -3.85. The highest BCUT2D eigenvalue weighted by Crippen LogP contribution is 2.52. The van der Waals surface area contributed by atoms with Crippen LogP contribution in [-0.2, 0) is 14.3 Å². The molecular formula is C26H23F3N4O4S. The molecule has 4 atom stereocenters. The molecule has 0 saturated carbocycles. The molecule has 0 aliphatic carbocycles. The van der Waals surface area contributed by atoms with E-state index in [4.69, 9.17) is 11.2 Å². The number of carboxylic acids is 1. The molecule has 3 aliphatic heterocycles. The number of alkyl halides is 2. The van der Waals surface area contributed by atoms with E-state index in [9.17, 15) is 27.9 Å². The Balaban J connectivity index is 1.62. The molecule has 1 aromatic heterocycles. The van der Waals surface area contributed by atoms with Crippen molar-refractivity contribution in [3.05, 3.63) is 63.0 Å². The highest BCUT2D eigenvalue weighted by atomic mass is 32.1. The molecule has 12 heteroatoms. The highest BCUT2D eigenvalue weighted by Gasteiger charge is 2.62. The average Bonchev–Trinajstić information content (AvgIpc) is 3.56. The third-order valence-corrected chi connectivity index (χ3v) is 8.00. The predicted molar refractivity (Wildman–Crippen MR) is 132 cm³/mol. The fraction of sp³-hybridized carbons (Fsp3) is 0.385. The molecular weight excluding hydrogens is 521 g/mol. The minimum absolute atomic E-state index is 0.000642. The zero-order chi connectivity index (χ0) is 27.2. The molecule has 8 nitrogen and oxygen atoms in total.